The molecule has 1 amide bonds. The summed E-state index contributed by atoms with van der Waals surface area (Å²) in [6.07, 6.45) is -0.764. The normalized spacial score (nSPS) is 20.9. The zero-order valence-electron chi connectivity index (χ0n) is 26.7. The predicted octanol–water partition coefficient (Wildman–Crippen LogP) is 8.12. The number of carboxylic acids is 1. The molecular formula is C36H40F3N3O5. The van der Waals surface area contributed by atoms with E-state index in [2.05, 4.69) is 35.7 Å². The van der Waals surface area contributed by atoms with Crippen LogP contribution in [0.1, 0.15) is 74.8 Å². The average Bonchev–Trinajstić information content (AvgIpc) is 3.43. The van der Waals surface area contributed by atoms with Crippen LogP contribution in [0.4, 0.5) is 18.9 Å². The molecule has 0 radical (unpaired) electrons. The monoisotopic (exact) mass is 651 g/mol. The third-order valence-corrected chi connectivity index (χ3v) is 8.92. The fraction of sp³-hybridized carbons (Fsp3) is 0.417. The van der Waals surface area contributed by atoms with E-state index in [4.69, 9.17) is 14.8 Å². The first kappa shape index (κ1) is 33.8. The maximum Gasteiger partial charge on any atom is 0.573 e. The van der Waals surface area contributed by atoms with Crippen molar-refractivity contribution in [2.24, 2.45) is 16.3 Å². The summed E-state index contributed by atoms with van der Waals surface area (Å²) in [5.41, 5.74) is 3.80. The van der Waals surface area contributed by atoms with Crippen molar-refractivity contribution in [2.75, 3.05) is 13.2 Å². The zero-order valence-corrected chi connectivity index (χ0v) is 26.7. The number of alkyl halides is 3. The highest BCUT2D eigenvalue weighted by molar-refractivity contribution is 5.94. The molecule has 1 saturated carbocycles. The van der Waals surface area contributed by atoms with E-state index in [1.165, 1.54) is 12.1 Å². The number of nitrogens with zero attached hydrogens (tertiary/aromatic N) is 2. The molecular weight excluding hydrogens is 611 g/mol. The highest BCUT2D eigenvalue weighted by Crippen LogP contribution is 2.42. The molecule has 250 valence electrons. The van der Waals surface area contributed by atoms with Crippen LogP contribution in [0.2, 0.25) is 0 Å². The van der Waals surface area contributed by atoms with Gasteiger partial charge in [-0.2, -0.15) is 4.99 Å². The molecule has 1 unspecified atom stereocenters. The summed E-state index contributed by atoms with van der Waals surface area (Å²) in [5.74, 6) is -0.977. The average molecular weight is 652 g/mol. The Morgan fingerprint density at radius 1 is 0.957 bits per heavy atom. The summed E-state index contributed by atoms with van der Waals surface area (Å²) >= 11 is 0. The standard InChI is InChI=1S/C36H40F3N3O5/c1-35(2,3)27-13-15-29(16-14-27)42-31(24-7-9-25(10-8-24)33(45)40-20-19-32(43)44)22-46-34(42)41-28-6-4-5-26(21-28)23-11-17-30(18-12-23)47-36(37,38)39/h4-12,17-18,21,27,29,31H,13-16,19-20,22H2,1-3H3,(H,40,45)(H,43,44)/b41-34-. The number of carbonyl (C=O) groups is 2. The molecule has 1 aliphatic heterocycles. The van der Waals surface area contributed by atoms with Gasteiger partial charge in [0.25, 0.3) is 11.9 Å². The molecule has 3 aromatic rings. The molecule has 1 saturated heterocycles. The van der Waals surface area contributed by atoms with Gasteiger partial charge in [-0.25, -0.2) is 0 Å². The third-order valence-electron chi connectivity index (χ3n) is 8.92. The Morgan fingerprint density at radius 3 is 2.26 bits per heavy atom. The summed E-state index contributed by atoms with van der Waals surface area (Å²) < 4.78 is 48.1. The van der Waals surface area contributed by atoms with Gasteiger partial charge in [0, 0.05) is 18.2 Å². The Hall–Kier alpha value is -4.54. The number of aliphatic imine (C=N–C) groups is 1. The van der Waals surface area contributed by atoms with Crippen LogP contribution in [-0.2, 0) is 9.53 Å². The maximum atomic E-state index is 12.6. The van der Waals surface area contributed by atoms with Crippen LogP contribution in [0.25, 0.3) is 11.1 Å². The largest absolute Gasteiger partial charge is 0.573 e. The molecule has 0 aromatic heterocycles. The van der Waals surface area contributed by atoms with E-state index >= 15 is 0 Å². The highest BCUT2D eigenvalue weighted by atomic mass is 19.4. The Bertz CT molecular complexity index is 1580. The van der Waals surface area contributed by atoms with E-state index < -0.39 is 12.3 Å². The summed E-state index contributed by atoms with van der Waals surface area (Å²) in [5, 5.41) is 11.5. The van der Waals surface area contributed by atoms with Crippen LogP contribution in [0.15, 0.2) is 77.8 Å². The molecule has 8 nitrogen and oxygen atoms in total. The summed E-state index contributed by atoms with van der Waals surface area (Å²) in [7, 11) is 0. The minimum Gasteiger partial charge on any atom is -0.481 e. The minimum atomic E-state index is -4.76. The zero-order chi connectivity index (χ0) is 33.8. The van der Waals surface area contributed by atoms with Crippen molar-refractivity contribution in [2.45, 2.75) is 71.3 Å². The van der Waals surface area contributed by atoms with Crippen LogP contribution in [0.5, 0.6) is 5.75 Å². The first-order chi connectivity index (χ1) is 22.3. The van der Waals surface area contributed by atoms with E-state index in [1.54, 1.807) is 24.3 Å². The maximum absolute atomic E-state index is 12.6. The van der Waals surface area contributed by atoms with Gasteiger partial charge >= 0.3 is 12.3 Å². The number of amides is 1. The molecule has 1 aliphatic carbocycles. The number of hydrogen-bond acceptors (Lipinski definition) is 5. The van der Waals surface area contributed by atoms with Gasteiger partial charge in [-0.1, -0.05) is 57.2 Å². The number of aliphatic carboxylic acids is 1. The van der Waals surface area contributed by atoms with E-state index in [1.807, 2.05) is 36.4 Å². The number of carboxylic acid groups (broad SMARTS) is 1. The molecule has 11 heteroatoms. The quantitative estimate of drug-likeness (QED) is 0.242. The molecule has 2 aliphatic rings. The smallest absolute Gasteiger partial charge is 0.481 e. The summed E-state index contributed by atoms with van der Waals surface area (Å²) in [6, 6.07) is 21.0. The Morgan fingerprint density at radius 2 is 1.64 bits per heavy atom. The van der Waals surface area contributed by atoms with E-state index in [0.29, 0.717) is 29.8 Å². The number of hydrogen-bond donors (Lipinski definition) is 2. The van der Waals surface area contributed by atoms with Crippen LogP contribution in [0.3, 0.4) is 0 Å². The number of benzene rings is 3. The Kier molecular flexibility index (Phi) is 10.1. The number of carbonyl (C=O) groups excluding carboxylic acids is 1. The highest BCUT2D eigenvalue weighted by Gasteiger charge is 2.41. The lowest BCUT2D eigenvalue weighted by Gasteiger charge is -2.41. The SMILES string of the molecule is CC(C)(C)C1CCC(N2/C(=N/c3cccc(-c4ccc(OC(F)(F)F)cc4)c3)OCC2c2ccc(C(=O)NCCC(=O)O)cc2)CC1. The Balaban J connectivity index is 1.39. The Labute approximate surface area is 272 Å². The van der Waals surface area contributed by atoms with Gasteiger partial charge < -0.3 is 24.8 Å². The number of nitrogens with one attached hydrogen (secondary N) is 1. The topological polar surface area (TPSA) is 100 Å². The molecule has 2 N–H and O–H groups in total. The van der Waals surface area contributed by atoms with Crippen LogP contribution in [-0.4, -0.2) is 53.5 Å². The van der Waals surface area contributed by atoms with Crippen molar-refractivity contribution in [1.29, 1.82) is 0 Å². The molecule has 0 bridgehead atoms. The molecule has 3 aromatic carbocycles. The number of halogens is 3. The van der Waals surface area contributed by atoms with Gasteiger partial charge in [0.05, 0.1) is 18.2 Å². The van der Waals surface area contributed by atoms with Crippen molar-refractivity contribution in [3.8, 4) is 16.9 Å². The minimum absolute atomic E-state index is 0.0518. The first-order valence-corrected chi connectivity index (χ1v) is 15.8. The first-order valence-electron chi connectivity index (χ1n) is 15.8. The van der Waals surface area contributed by atoms with Crippen molar-refractivity contribution in [1.82, 2.24) is 10.2 Å². The second-order valence-electron chi connectivity index (χ2n) is 13.1. The van der Waals surface area contributed by atoms with Crippen molar-refractivity contribution < 1.29 is 37.3 Å². The van der Waals surface area contributed by atoms with Gasteiger partial charge in [0.15, 0.2) is 0 Å². The molecule has 1 atom stereocenters. The van der Waals surface area contributed by atoms with E-state index in [0.717, 1.165) is 42.4 Å². The third kappa shape index (κ3) is 8.84. The lowest BCUT2D eigenvalue weighted by atomic mass is 9.71. The van der Waals surface area contributed by atoms with Gasteiger partial charge in [-0.3, -0.25) is 9.59 Å². The molecule has 0 spiro atoms. The van der Waals surface area contributed by atoms with Crippen LogP contribution >= 0.6 is 0 Å². The summed E-state index contributed by atoms with van der Waals surface area (Å²) in [6.45, 7) is 7.29. The van der Waals surface area contributed by atoms with Gasteiger partial charge in [-0.05, 0) is 90.1 Å². The van der Waals surface area contributed by atoms with E-state index in [-0.39, 0.29) is 42.1 Å². The van der Waals surface area contributed by atoms with E-state index in [9.17, 15) is 22.8 Å². The number of amidine groups is 1. The van der Waals surface area contributed by atoms with Crippen molar-refractivity contribution >= 4 is 23.6 Å². The van der Waals surface area contributed by atoms with Gasteiger partial charge in [0.2, 0.25) is 0 Å². The fourth-order valence-corrected chi connectivity index (χ4v) is 6.38. The van der Waals surface area contributed by atoms with Crippen molar-refractivity contribution in [3.05, 3.63) is 83.9 Å². The van der Waals surface area contributed by atoms with Gasteiger partial charge in [0.1, 0.15) is 12.4 Å². The second-order valence-corrected chi connectivity index (χ2v) is 13.1. The lowest BCUT2D eigenvalue weighted by Crippen LogP contribution is -2.42. The fourth-order valence-electron chi connectivity index (χ4n) is 6.38. The lowest BCUT2D eigenvalue weighted by molar-refractivity contribution is -0.274. The summed E-state index contributed by atoms with van der Waals surface area (Å²) in [4.78, 5) is 30.5. The van der Waals surface area contributed by atoms with Gasteiger partial charge in [-0.15, -0.1) is 13.2 Å². The molecule has 2 fully saturated rings. The number of ether oxygens (including phenoxy) is 2. The van der Waals surface area contributed by atoms with Crippen LogP contribution in [0, 0.1) is 11.3 Å². The second kappa shape index (κ2) is 14.1. The van der Waals surface area contributed by atoms with Crippen molar-refractivity contribution in [3.63, 3.8) is 0 Å². The van der Waals surface area contributed by atoms with Crippen LogP contribution < -0.4 is 10.1 Å². The molecule has 1 heterocycles. The predicted molar refractivity (Wildman–Crippen MR) is 172 cm³/mol. The molecule has 47 heavy (non-hydrogen) atoms. The number of rotatable bonds is 9. The molecule has 5 rings (SSSR count).